The van der Waals surface area contributed by atoms with Crippen molar-refractivity contribution in [1.29, 1.82) is 0 Å². The second-order valence-electron chi connectivity index (χ2n) is 3.12. The molecule has 0 spiro atoms. The van der Waals surface area contributed by atoms with E-state index in [2.05, 4.69) is 25.7 Å². The minimum Gasteiger partial charge on any atom is -1.00 e. The molecule has 0 saturated carbocycles. The van der Waals surface area contributed by atoms with Crippen LogP contribution in [0, 0.1) is 18.8 Å². The van der Waals surface area contributed by atoms with Gasteiger partial charge in [-0.1, -0.05) is 26.2 Å². The zero-order valence-electron chi connectivity index (χ0n) is 9.45. The molecule has 2 heteroatoms. The molecule has 0 bridgehead atoms. The van der Waals surface area contributed by atoms with Crippen molar-refractivity contribution in [2.24, 2.45) is 0 Å². The molecule has 0 unspecified atom stereocenters. The Hall–Kier alpha value is 0.616. The second-order valence-corrected chi connectivity index (χ2v) is 3.12. The molecule has 0 rings (SSSR count). The van der Waals surface area contributed by atoms with Crippen LogP contribution < -0.4 is 12.4 Å². The van der Waals surface area contributed by atoms with Crippen LogP contribution >= 0.6 is 0 Å². The molecule has 0 aromatic rings. The van der Waals surface area contributed by atoms with Crippen molar-refractivity contribution in [3.05, 3.63) is 6.92 Å². The van der Waals surface area contributed by atoms with Gasteiger partial charge in [0.15, 0.2) is 0 Å². The first-order valence-electron chi connectivity index (χ1n) is 5.16. The van der Waals surface area contributed by atoms with E-state index in [0.29, 0.717) is 0 Å². The van der Waals surface area contributed by atoms with Crippen LogP contribution in [0.1, 0.15) is 58.3 Å². The number of halogens is 1. The van der Waals surface area contributed by atoms with E-state index >= 15 is 0 Å². The Morgan fingerprint density at radius 3 is 2.00 bits per heavy atom. The Kier molecular flexibility index (Phi) is 27.6. The molecule has 14 heavy (non-hydrogen) atoms. The van der Waals surface area contributed by atoms with E-state index in [0.717, 1.165) is 19.3 Å². The zero-order valence-corrected chi connectivity index (χ0v) is 11.6. The van der Waals surface area contributed by atoms with Crippen molar-refractivity contribution in [1.82, 2.24) is 0 Å². The van der Waals surface area contributed by atoms with Crippen LogP contribution in [0.25, 0.3) is 0 Å². The average Bonchev–Trinajstić information content (AvgIpc) is 2.10. The SMILES string of the molecule is [CH2-]CCCCCC#CCCCC.[Cl-].[Mg+2]. The molecule has 0 aromatic carbocycles. The Bertz CT molecular complexity index is 135. The summed E-state index contributed by atoms with van der Waals surface area (Å²) in [6.45, 7) is 6.01. The fourth-order valence-electron chi connectivity index (χ4n) is 1.01. The van der Waals surface area contributed by atoms with Gasteiger partial charge in [-0.05, 0) is 12.8 Å². The van der Waals surface area contributed by atoms with E-state index in [9.17, 15) is 0 Å². The van der Waals surface area contributed by atoms with E-state index in [4.69, 9.17) is 0 Å². The first kappa shape index (κ1) is 20.1. The van der Waals surface area contributed by atoms with Crippen molar-refractivity contribution < 1.29 is 12.4 Å². The fourth-order valence-corrected chi connectivity index (χ4v) is 1.01. The van der Waals surface area contributed by atoms with Gasteiger partial charge in [0.25, 0.3) is 0 Å². The molecule has 0 fully saturated rings. The Balaban J connectivity index is -0.000000605. The molecule has 0 aliphatic rings. The van der Waals surface area contributed by atoms with Gasteiger partial charge in [0.05, 0.1) is 0 Å². The summed E-state index contributed by atoms with van der Waals surface area (Å²) in [5.74, 6) is 6.41. The van der Waals surface area contributed by atoms with Crippen LogP contribution in [0.3, 0.4) is 0 Å². The molecule has 0 heterocycles. The van der Waals surface area contributed by atoms with E-state index in [1.807, 2.05) is 0 Å². The van der Waals surface area contributed by atoms with Gasteiger partial charge in [0, 0.05) is 12.8 Å². The zero-order chi connectivity index (χ0) is 9.07. The number of rotatable bonds is 6. The summed E-state index contributed by atoms with van der Waals surface area (Å²) in [7, 11) is 0. The maximum atomic E-state index is 3.81. The Morgan fingerprint density at radius 1 is 0.929 bits per heavy atom. The van der Waals surface area contributed by atoms with E-state index < -0.39 is 0 Å². The van der Waals surface area contributed by atoms with Gasteiger partial charge >= 0.3 is 23.1 Å². The summed E-state index contributed by atoms with van der Waals surface area (Å²) in [5.41, 5.74) is 0. The number of hydrogen-bond donors (Lipinski definition) is 0. The molecule has 0 radical (unpaired) electrons. The van der Waals surface area contributed by atoms with Gasteiger partial charge in [0.1, 0.15) is 0 Å². The predicted molar refractivity (Wildman–Crippen MR) is 61.5 cm³/mol. The topological polar surface area (TPSA) is 0 Å². The number of hydrogen-bond acceptors (Lipinski definition) is 0. The minimum absolute atomic E-state index is 0. The molecule has 78 valence electrons. The molecular weight excluding hydrogens is 204 g/mol. The third kappa shape index (κ3) is 18.4. The van der Waals surface area contributed by atoms with Gasteiger partial charge in [-0.2, -0.15) is 6.42 Å². The molecule has 0 aromatic heterocycles. The van der Waals surface area contributed by atoms with Crippen LogP contribution in [-0.4, -0.2) is 23.1 Å². The van der Waals surface area contributed by atoms with E-state index in [1.54, 1.807) is 0 Å². The largest absolute Gasteiger partial charge is 2.00 e. The van der Waals surface area contributed by atoms with Crippen LogP contribution in [0.5, 0.6) is 0 Å². The molecule has 0 aliphatic heterocycles. The average molecular weight is 225 g/mol. The quantitative estimate of drug-likeness (QED) is 0.268. The molecule has 0 N–H and O–H groups in total. The maximum absolute atomic E-state index is 3.81. The summed E-state index contributed by atoms with van der Waals surface area (Å²) in [5, 5.41) is 0. The van der Waals surface area contributed by atoms with Crippen molar-refractivity contribution in [3.8, 4) is 11.8 Å². The molecule has 0 nitrogen and oxygen atoms in total. The summed E-state index contributed by atoms with van der Waals surface area (Å²) in [6, 6.07) is 0. The van der Waals surface area contributed by atoms with E-state index in [-0.39, 0.29) is 35.5 Å². The molecule has 0 atom stereocenters. The predicted octanol–water partition coefficient (Wildman–Crippen LogP) is 0.588. The maximum Gasteiger partial charge on any atom is 2.00 e. The minimum atomic E-state index is 0. The summed E-state index contributed by atoms with van der Waals surface area (Å²) < 4.78 is 0. The van der Waals surface area contributed by atoms with Crippen LogP contribution in [-0.2, 0) is 0 Å². The van der Waals surface area contributed by atoms with Gasteiger partial charge < -0.3 is 19.3 Å². The van der Waals surface area contributed by atoms with E-state index in [1.165, 1.54) is 32.1 Å². The van der Waals surface area contributed by atoms with Gasteiger partial charge in [0.2, 0.25) is 0 Å². The standard InChI is InChI=1S/C12H21.ClH.Mg/c1-3-5-7-9-11-12-10-8-6-4-2;;/h1,3-9,11H2,2H3;1H;/q-1;;+2/p-1. The van der Waals surface area contributed by atoms with Crippen LogP contribution in [0.2, 0.25) is 0 Å². The van der Waals surface area contributed by atoms with Crippen LogP contribution in [0.15, 0.2) is 0 Å². The Morgan fingerprint density at radius 2 is 1.50 bits per heavy atom. The Labute approximate surface area is 112 Å². The third-order valence-corrected chi connectivity index (χ3v) is 1.83. The third-order valence-electron chi connectivity index (χ3n) is 1.83. The first-order chi connectivity index (χ1) is 5.91. The smallest absolute Gasteiger partial charge is 1.00 e. The van der Waals surface area contributed by atoms with Gasteiger partial charge in [-0.3, -0.25) is 0 Å². The summed E-state index contributed by atoms with van der Waals surface area (Å²) in [4.78, 5) is 0. The summed E-state index contributed by atoms with van der Waals surface area (Å²) >= 11 is 0. The molecular formula is C12H21ClMg. The van der Waals surface area contributed by atoms with Crippen molar-refractivity contribution >= 4 is 23.1 Å². The molecule has 0 saturated heterocycles. The second kappa shape index (κ2) is 19.2. The van der Waals surface area contributed by atoms with Crippen LogP contribution in [0.4, 0.5) is 0 Å². The van der Waals surface area contributed by atoms with Crippen molar-refractivity contribution in [2.75, 3.05) is 0 Å². The fraction of sp³-hybridized carbons (Fsp3) is 0.750. The van der Waals surface area contributed by atoms with Crippen molar-refractivity contribution in [3.63, 3.8) is 0 Å². The monoisotopic (exact) mass is 224 g/mol. The molecule has 0 amide bonds. The van der Waals surface area contributed by atoms with Crippen molar-refractivity contribution in [2.45, 2.75) is 58.3 Å². The first-order valence-corrected chi connectivity index (χ1v) is 5.16. The van der Waals surface area contributed by atoms with Gasteiger partial charge in [-0.15, -0.1) is 11.8 Å². The normalized spacial score (nSPS) is 7.86. The molecule has 0 aliphatic carbocycles. The van der Waals surface area contributed by atoms with Gasteiger partial charge in [-0.25, -0.2) is 0 Å². The summed E-state index contributed by atoms with van der Waals surface area (Å²) in [6.07, 6.45) is 9.58. The number of unbranched alkanes of at least 4 members (excludes halogenated alkanes) is 6.